The summed E-state index contributed by atoms with van der Waals surface area (Å²) >= 11 is 1.76. The van der Waals surface area contributed by atoms with Gasteiger partial charge in [0.1, 0.15) is 0 Å². The van der Waals surface area contributed by atoms with Crippen LogP contribution in [0.3, 0.4) is 0 Å². The number of fused-ring (bicyclic) bond motifs is 1. The van der Waals surface area contributed by atoms with Crippen LogP contribution in [-0.4, -0.2) is 4.98 Å². The Morgan fingerprint density at radius 2 is 2.67 bits per heavy atom. The number of rotatable bonds is 0. The lowest BCUT2D eigenvalue weighted by atomic mass is 10.3. The van der Waals surface area contributed by atoms with Gasteiger partial charge in [-0.2, -0.15) is 0 Å². The lowest BCUT2D eigenvalue weighted by Crippen LogP contribution is -1.95. The van der Waals surface area contributed by atoms with E-state index in [1.165, 1.54) is 10.7 Å². The summed E-state index contributed by atoms with van der Waals surface area (Å²) < 4.78 is 0. The average molecular weight is 97.1 g/mol. The van der Waals surface area contributed by atoms with Crippen LogP contribution in [0.15, 0.2) is 5.38 Å². The highest BCUT2D eigenvalue weighted by Gasteiger charge is 2.11. The summed E-state index contributed by atoms with van der Waals surface area (Å²) in [7, 11) is 0. The molecule has 0 aliphatic carbocycles. The SMILES string of the molecule is c1sc2nc1C2. The third-order valence-corrected chi connectivity index (χ3v) is 1.83. The molecule has 0 unspecified atom stereocenters. The van der Waals surface area contributed by atoms with Gasteiger partial charge in [0.2, 0.25) is 0 Å². The lowest BCUT2D eigenvalue weighted by Gasteiger charge is -1.95. The van der Waals surface area contributed by atoms with Crippen LogP contribution in [0.5, 0.6) is 0 Å². The maximum Gasteiger partial charge on any atom is 0.0988 e. The number of aromatic nitrogens is 1. The van der Waals surface area contributed by atoms with Crippen molar-refractivity contribution < 1.29 is 0 Å². The first-order valence-corrected chi connectivity index (χ1v) is 2.76. The molecule has 1 aromatic rings. The highest BCUT2D eigenvalue weighted by molar-refractivity contribution is 7.10. The lowest BCUT2D eigenvalue weighted by molar-refractivity contribution is 0.960. The van der Waals surface area contributed by atoms with Crippen LogP contribution in [0, 0.1) is 0 Å². The zero-order chi connectivity index (χ0) is 3.98. The molecule has 3 heterocycles. The van der Waals surface area contributed by atoms with E-state index in [4.69, 9.17) is 0 Å². The Kier molecular flexibility index (Phi) is 0.301. The molecule has 0 atom stereocenters. The Labute approximate surface area is 39.7 Å². The first-order chi connectivity index (χ1) is 2.95. The standard InChI is InChI=1S/C4H3NS/c1-3-2-6-4(1)5-3/h2H,1H2. The zero-order valence-corrected chi connectivity index (χ0v) is 3.96. The van der Waals surface area contributed by atoms with Gasteiger partial charge in [-0.05, 0) is 0 Å². The maximum atomic E-state index is 4.07. The molecule has 2 aliphatic heterocycles. The second-order valence-electron chi connectivity index (χ2n) is 1.41. The zero-order valence-electron chi connectivity index (χ0n) is 3.14. The Bertz CT molecular complexity index is 144. The van der Waals surface area contributed by atoms with Gasteiger partial charge < -0.3 is 0 Å². The number of thiazole rings is 1. The van der Waals surface area contributed by atoms with Crippen LogP contribution < -0.4 is 0 Å². The van der Waals surface area contributed by atoms with Crippen LogP contribution >= 0.6 is 11.3 Å². The van der Waals surface area contributed by atoms with Gasteiger partial charge in [-0.25, -0.2) is 4.98 Å². The van der Waals surface area contributed by atoms with Crippen LogP contribution in [0.1, 0.15) is 10.7 Å². The smallest absolute Gasteiger partial charge is 0.0988 e. The first kappa shape index (κ1) is 2.75. The van der Waals surface area contributed by atoms with Gasteiger partial charge in [0.25, 0.3) is 0 Å². The molecule has 0 radical (unpaired) electrons. The molecule has 0 spiro atoms. The number of hydrogen-bond donors (Lipinski definition) is 0. The van der Waals surface area contributed by atoms with Crippen LogP contribution in [0.25, 0.3) is 0 Å². The Balaban J connectivity index is 2.95. The maximum absolute atomic E-state index is 4.07. The van der Waals surface area contributed by atoms with Gasteiger partial charge in [-0.1, -0.05) is 0 Å². The summed E-state index contributed by atoms with van der Waals surface area (Å²) in [6.45, 7) is 0. The fraction of sp³-hybridized carbons (Fsp3) is 0.250. The molecule has 0 aromatic carbocycles. The van der Waals surface area contributed by atoms with Crippen molar-refractivity contribution >= 4 is 11.3 Å². The molecule has 1 nitrogen and oxygen atoms in total. The van der Waals surface area contributed by atoms with Crippen molar-refractivity contribution in [3.8, 4) is 0 Å². The molecule has 2 bridgehead atoms. The minimum Gasteiger partial charge on any atom is -0.245 e. The van der Waals surface area contributed by atoms with E-state index in [-0.39, 0.29) is 0 Å². The molecule has 0 N–H and O–H groups in total. The van der Waals surface area contributed by atoms with Gasteiger partial charge in [-0.15, -0.1) is 11.3 Å². The third-order valence-electron chi connectivity index (χ3n) is 0.932. The van der Waals surface area contributed by atoms with E-state index in [9.17, 15) is 0 Å². The molecule has 0 saturated carbocycles. The van der Waals surface area contributed by atoms with E-state index < -0.39 is 0 Å². The summed E-state index contributed by atoms with van der Waals surface area (Å²) in [5.74, 6) is 0. The van der Waals surface area contributed by atoms with E-state index in [0.717, 1.165) is 6.42 Å². The second kappa shape index (κ2) is 0.658. The van der Waals surface area contributed by atoms with E-state index >= 15 is 0 Å². The average Bonchev–Trinajstić information content (AvgIpc) is 1.72. The molecule has 3 rings (SSSR count). The molecular formula is C4H3NS. The van der Waals surface area contributed by atoms with E-state index in [1.54, 1.807) is 11.3 Å². The van der Waals surface area contributed by atoms with Crippen molar-refractivity contribution in [1.82, 2.24) is 4.98 Å². The fourth-order valence-electron chi connectivity index (χ4n) is 0.575. The van der Waals surface area contributed by atoms with Crippen molar-refractivity contribution in [3.63, 3.8) is 0 Å². The summed E-state index contributed by atoms with van der Waals surface area (Å²) in [4.78, 5) is 4.07. The van der Waals surface area contributed by atoms with Gasteiger partial charge >= 0.3 is 0 Å². The monoisotopic (exact) mass is 97.0 g/mol. The Morgan fingerprint density at radius 1 is 1.83 bits per heavy atom. The summed E-state index contributed by atoms with van der Waals surface area (Å²) in [6, 6.07) is 0. The normalized spacial score (nSPS) is 14.0. The Hall–Kier alpha value is -0.370. The summed E-state index contributed by atoms with van der Waals surface area (Å²) in [5, 5.41) is 3.40. The van der Waals surface area contributed by atoms with Crippen LogP contribution in [0.2, 0.25) is 0 Å². The molecule has 6 heavy (non-hydrogen) atoms. The molecule has 0 saturated heterocycles. The van der Waals surface area contributed by atoms with Crippen molar-refractivity contribution in [2.75, 3.05) is 0 Å². The van der Waals surface area contributed by atoms with Crippen molar-refractivity contribution in [1.29, 1.82) is 0 Å². The van der Waals surface area contributed by atoms with Crippen molar-refractivity contribution in [2.24, 2.45) is 0 Å². The third kappa shape index (κ3) is 0.157. The van der Waals surface area contributed by atoms with E-state index in [1.807, 2.05) is 0 Å². The minimum absolute atomic E-state index is 1.16. The first-order valence-electron chi connectivity index (χ1n) is 1.88. The van der Waals surface area contributed by atoms with Crippen LogP contribution in [-0.2, 0) is 6.42 Å². The van der Waals surface area contributed by atoms with Gasteiger partial charge in [0.05, 0.1) is 10.7 Å². The van der Waals surface area contributed by atoms with E-state index in [2.05, 4.69) is 10.4 Å². The number of hydrogen-bond acceptors (Lipinski definition) is 2. The number of nitrogens with zero attached hydrogens (tertiary/aromatic N) is 1. The second-order valence-corrected chi connectivity index (χ2v) is 2.35. The van der Waals surface area contributed by atoms with Gasteiger partial charge in [-0.3, -0.25) is 0 Å². The molecular weight excluding hydrogens is 94.1 g/mol. The fourth-order valence-corrected chi connectivity index (χ4v) is 1.38. The Morgan fingerprint density at radius 3 is 2.83 bits per heavy atom. The summed E-state index contributed by atoms with van der Waals surface area (Å²) in [6.07, 6.45) is 1.16. The van der Waals surface area contributed by atoms with Gasteiger partial charge in [0.15, 0.2) is 0 Å². The van der Waals surface area contributed by atoms with Crippen molar-refractivity contribution in [2.45, 2.75) is 6.42 Å². The highest BCUT2D eigenvalue weighted by Crippen LogP contribution is 2.22. The van der Waals surface area contributed by atoms with Gasteiger partial charge in [0, 0.05) is 11.8 Å². The minimum atomic E-state index is 1.16. The van der Waals surface area contributed by atoms with Crippen LogP contribution in [0.4, 0.5) is 0 Å². The summed E-state index contributed by atoms with van der Waals surface area (Å²) in [5.41, 5.74) is 1.27. The molecule has 2 aliphatic rings. The molecule has 0 fully saturated rings. The quantitative estimate of drug-likeness (QED) is 0.478. The predicted molar refractivity (Wildman–Crippen MR) is 24.9 cm³/mol. The largest absolute Gasteiger partial charge is 0.245 e. The van der Waals surface area contributed by atoms with E-state index in [0.29, 0.717) is 0 Å². The molecule has 0 amide bonds. The molecule has 30 valence electrons. The molecule has 1 aromatic heterocycles. The van der Waals surface area contributed by atoms with Crippen molar-refractivity contribution in [3.05, 3.63) is 16.1 Å². The topological polar surface area (TPSA) is 12.9 Å². The predicted octanol–water partition coefficient (Wildman–Crippen LogP) is 1.05. The highest BCUT2D eigenvalue weighted by atomic mass is 32.1. The molecule has 2 heteroatoms.